The van der Waals surface area contributed by atoms with Crippen molar-refractivity contribution in [2.45, 2.75) is 6.92 Å². The molecule has 0 fully saturated rings. The minimum atomic E-state index is 0.370. The maximum absolute atomic E-state index is 5.88. The van der Waals surface area contributed by atoms with Crippen LogP contribution in [0.1, 0.15) is 5.69 Å². The molecule has 0 aliphatic carbocycles. The molecule has 0 saturated carbocycles. The molecule has 7 heteroatoms. The zero-order valence-electron chi connectivity index (χ0n) is 12.2. The first kappa shape index (κ1) is 15.4. The first-order chi connectivity index (χ1) is 10.0. The molecule has 2 rings (SSSR count). The average Bonchev–Trinajstić information content (AvgIpc) is 2.50. The first-order valence-electron chi connectivity index (χ1n) is 6.12. The molecule has 0 aliphatic heterocycles. The van der Waals surface area contributed by atoms with Crippen molar-refractivity contribution in [1.82, 2.24) is 9.97 Å². The van der Waals surface area contributed by atoms with Crippen LogP contribution in [-0.4, -0.2) is 31.3 Å². The molecule has 2 N–H and O–H groups in total. The van der Waals surface area contributed by atoms with E-state index in [9.17, 15) is 0 Å². The van der Waals surface area contributed by atoms with Crippen LogP contribution >= 0.6 is 15.9 Å². The number of hydrogen-bond donors (Lipinski definition) is 1. The number of aryl methyl sites for hydroxylation is 1. The lowest BCUT2D eigenvalue weighted by molar-refractivity contribution is 0.325. The normalized spacial score (nSPS) is 10.3. The van der Waals surface area contributed by atoms with Gasteiger partial charge in [0, 0.05) is 0 Å². The molecule has 1 heterocycles. The molecule has 0 saturated heterocycles. The Labute approximate surface area is 131 Å². The Morgan fingerprint density at radius 3 is 2.19 bits per heavy atom. The van der Waals surface area contributed by atoms with Gasteiger partial charge in [-0.25, -0.2) is 9.97 Å². The van der Waals surface area contributed by atoms with E-state index in [1.54, 1.807) is 27.4 Å². The number of halogens is 1. The molecule has 1 aromatic carbocycles. The van der Waals surface area contributed by atoms with E-state index in [0.717, 1.165) is 5.69 Å². The number of nitrogens with zero attached hydrogens (tertiary/aromatic N) is 2. The van der Waals surface area contributed by atoms with E-state index in [0.29, 0.717) is 38.9 Å². The van der Waals surface area contributed by atoms with E-state index < -0.39 is 0 Å². The summed E-state index contributed by atoms with van der Waals surface area (Å²) in [5.74, 6) is 2.39. The van der Waals surface area contributed by atoms with Gasteiger partial charge < -0.3 is 19.9 Å². The molecule has 0 spiro atoms. The predicted molar refractivity (Wildman–Crippen MR) is 84.0 cm³/mol. The highest BCUT2D eigenvalue weighted by atomic mass is 79.9. The van der Waals surface area contributed by atoms with E-state index in [4.69, 9.17) is 19.9 Å². The highest BCUT2D eigenvalue weighted by Gasteiger charge is 2.19. The Bertz CT molecular complexity index is 654. The lowest BCUT2D eigenvalue weighted by Crippen LogP contribution is -2.02. The molecule has 2 aromatic rings. The number of benzene rings is 1. The number of methoxy groups -OCH3 is 3. The molecule has 0 radical (unpaired) electrons. The van der Waals surface area contributed by atoms with E-state index in [2.05, 4.69) is 25.9 Å². The van der Waals surface area contributed by atoms with E-state index >= 15 is 0 Å². The Morgan fingerprint density at radius 2 is 1.67 bits per heavy atom. The Balaban J connectivity index is 2.69. The van der Waals surface area contributed by atoms with Gasteiger partial charge in [0.25, 0.3) is 0 Å². The second-order valence-corrected chi connectivity index (χ2v) is 5.01. The molecule has 0 bridgehead atoms. The lowest BCUT2D eigenvalue weighted by atomic mass is 10.1. The summed E-state index contributed by atoms with van der Waals surface area (Å²) in [5.41, 5.74) is 7.31. The predicted octanol–water partition coefficient (Wildman–Crippen LogP) is 2.82. The van der Waals surface area contributed by atoms with Gasteiger partial charge in [0.15, 0.2) is 17.3 Å². The maximum atomic E-state index is 5.88. The number of rotatable bonds is 4. The second-order valence-electron chi connectivity index (χ2n) is 4.21. The van der Waals surface area contributed by atoms with Crippen molar-refractivity contribution in [1.29, 1.82) is 0 Å². The number of nitrogens with two attached hydrogens (primary N) is 1. The summed E-state index contributed by atoms with van der Waals surface area (Å²) in [6.07, 6.45) is 0. The minimum Gasteiger partial charge on any atom is -0.493 e. The van der Waals surface area contributed by atoms with Crippen molar-refractivity contribution < 1.29 is 14.2 Å². The minimum absolute atomic E-state index is 0.370. The van der Waals surface area contributed by atoms with Crippen molar-refractivity contribution in [3.8, 4) is 28.6 Å². The SMILES string of the molecule is COc1ccc(-c2nc(C)c(Br)c(N)n2)c(OC)c1OC. The van der Waals surface area contributed by atoms with Crippen LogP contribution in [0.5, 0.6) is 17.2 Å². The van der Waals surface area contributed by atoms with Crippen LogP contribution < -0.4 is 19.9 Å². The molecule has 0 aliphatic rings. The smallest absolute Gasteiger partial charge is 0.204 e. The Kier molecular flexibility index (Phi) is 4.52. The van der Waals surface area contributed by atoms with Gasteiger partial charge in [0.1, 0.15) is 5.82 Å². The molecule has 0 unspecified atom stereocenters. The number of ether oxygens (including phenoxy) is 3. The molecule has 0 amide bonds. The van der Waals surface area contributed by atoms with Crippen molar-refractivity contribution in [2.75, 3.05) is 27.1 Å². The summed E-state index contributed by atoms with van der Waals surface area (Å²) in [6.45, 7) is 1.85. The highest BCUT2D eigenvalue weighted by molar-refractivity contribution is 9.10. The quantitative estimate of drug-likeness (QED) is 0.910. The average molecular weight is 354 g/mol. The Morgan fingerprint density at radius 1 is 1.00 bits per heavy atom. The third kappa shape index (κ3) is 2.73. The van der Waals surface area contributed by atoms with Crippen LogP contribution in [0.15, 0.2) is 16.6 Å². The third-order valence-corrected chi connectivity index (χ3v) is 3.97. The van der Waals surface area contributed by atoms with Gasteiger partial charge in [-0.3, -0.25) is 0 Å². The van der Waals surface area contributed by atoms with Gasteiger partial charge in [0.05, 0.1) is 37.1 Å². The molecule has 6 nitrogen and oxygen atoms in total. The first-order valence-corrected chi connectivity index (χ1v) is 6.91. The maximum Gasteiger partial charge on any atom is 0.204 e. The number of anilines is 1. The van der Waals surface area contributed by atoms with Crippen LogP contribution in [0.25, 0.3) is 11.4 Å². The van der Waals surface area contributed by atoms with Gasteiger partial charge in [-0.05, 0) is 35.0 Å². The standard InChI is InChI=1S/C14H16BrN3O3/c1-7-10(15)13(16)18-14(17-7)8-5-6-9(19-2)12(21-4)11(8)20-3/h5-6H,1-4H3,(H2,16,17,18). The number of aromatic nitrogens is 2. The molecule has 1 aromatic heterocycles. The third-order valence-electron chi connectivity index (χ3n) is 2.99. The summed E-state index contributed by atoms with van der Waals surface area (Å²) < 4.78 is 16.7. The zero-order chi connectivity index (χ0) is 15.6. The lowest BCUT2D eigenvalue weighted by Gasteiger charge is -2.15. The summed E-state index contributed by atoms with van der Waals surface area (Å²) >= 11 is 3.35. The van der Waals surface area contributed by atoms with E-state index in [-0.39, 0.29) is 0 Å². The van der Waals surface area contributed by atoms with Gasteiger partial charge in [-0.2, -0.15) is 0 Å². The van der Waals surface area contributed by atoms with Crippen LogP contribution in [0.2, 0.25) is 0 Å². The summed E-state index contributed by atoms with van der Waals surface area (Å²) in [7, 11) is 4.66. The van der Waals surface area contributed by atoms with Gasteiger partial charge in [-0.15, -0.1) is 0 Å². The van der Waals surface area contributed by atoms with Crippen LogP contribution in [-0.2, 0) is 0 Å². The zero-order valence-corrected chi connectivity index (χ0v) is 13.8. The molecule has 0 atom stereocenters. The highest BCUT2D eigenvalue weighted by Crippen LogP contribution is 2.43. The molecular formula is C14H16BrN3O3. The van der Waals surface area contributed by atoms with Crippen LogP contribution in [0, 0.1) is 6.92 Å². The summed E-state index contributed by atoms with van der Waals surface area (Å²) in [5, 5.41) is 0. The Hall–Kier alpha value is -2.02. The van der Waals surface area contributed by atoms with Gasteiger partial charge in [-0.1, -0.05) is 0 Å². The van der Waals surface area contributed by atoms with E-state index in [1.807, 2.05) is 13.0 Å². The fourth-order valence-corrected chi connectivity index (χ4v) is 2.16. The van der Waals surface area contributed by atoms with Gasteiger partial charge >= 0.3 is 0 Å². The van der Waals surface area contributed by atoms with Crippen LogP contribution in [0.4, 0.5) is 5.82 Å². The van der Waals surface area contributed by atoms with Crippen LogP contribution in [0.3, 0.4) is 0 Å². The fourth-order valence-electron chi connectivity index (χ4n) is 1.98. The number of nitrogen functional groups attached to an aromatic ring is 1. The topological polar surface area (TPSA) is 79.5 Å². The molecule has 112 valence electrons. The van der Waals surface area contributed by atoms with E-state index in [1.165, 1.54) is 0 Å². The fraction of sp³-hybridized carbons (Fsp3) is 0.286. The molecular weight excluding hydrogens is 338 g/mol. The largest absolute Gasteiger partial charge is 0.493 e. The number of hydrogen-bond acceptors (Lipinski definition) is 6. The van der Waals surface area contributed by atoms with Gasteiger partial charge in [0.2, 0.25) is 5.75 Å². The van der Waals surface area contributed by atoms with Crippen molar-refractivity contribution in [2.24, 2.45) is 0 Å². The monoisotopic (exact) mass is 353 g/mol. The van der Waals surface area contributed by atoms with Crippen molar-refractivity contribution in [3.63, 3.8) is 0 Å². The molecule has 21 heavy (non-hydrogen) atoms. The summed E-state index contributed by atoms with van der Waals surface area (Å²) in [6, 6.07) is 3.58. The second kappa shape index (κ2) is 6.17. The summed E-state index contributed by atoms with van der Waals surface area (Å²) in [4.78, 5) is 8.72. The van der Waals surface area contributed by atoms with Crippen molar-refractivity contribution >= 4 is 21.7 Å². The van der Waals surface area contributed by atoms with Crippen molar-refractivity contribution in [3.05, 3.63) is 22.3 Å².